The lowest BCUT2D eigenvalue weighted by molar-refractivity contribution is -0.129. The number of aromatic nitrogens is 2. The molecule has 96 valence electrons. The maximum atomic E-state index is 12.2. The Kier molecular flexibility index (Phi) is 3.77. The molecule has 0 aliphatic rings. The van der Waals surface area contributed by atoms with E-state index in [1.165, 1.54) is 0 Å². The Morgan fingerprint density at radius 1 is 1.41 bits per heavy atom. The Morgan fingerprint density at radius 3 is 2.41 bits per heavy atom. The van der Waals surface area contributed by atoms with Gasteiger partial charge in [0.25, 0.3) is 0 Å². The maximum absolute atomic E-state index is 12.2. The van der Waals surface area contributed by atoms with E-state index in [4.69, 9.17) is 5.73 Å². The van der Waals surface area contributed by atoms with Crippen LogP contribution in [0.4, 0.5) is 0 Å². The van der Waals surface area contributed by atoms with Gasteiger partial charge in [-0.05, 0) is 26.3 Å². The number of hydrogen-bond donors (Lipinski definition) is 1. The quantitative estimate of drug-likeness (QED) is 0.847. The molecule has 0 unspecified atom stereocenters. The number of hydrogen-bond acceptors (Lipinski definition) is 3. The zero-order valence-electron chi connectivity index (χ0n) is 11.4. The van der Waals surface area contributed by atoms with Crippen LogP contribution in [0.25, 0.3) is 0 Å². The zero-order valence-corrected chi connectivity index (χ0v) is 11.4. The number of nitrogens with two attached hydrogens (primary N) is 1. The van der Waals surface area contributed by atoms with Gasteiger partial charge in [0.15, 0.2) is 0 Å². The number of ketones is 1. The average molecular weight is 237 g/mol. The van der Waals surface area contributed by atoms with Gasteiger partial charge in [-0.25, -0.2) is 0 Å². The van der Waals surface area contributed by atoms with Crippen molar-refractivity contribution in [3.8, 4) is 0 Å². The molecular weight excluding hydrogens is 214 g/mol. The molecule has 1 aromatic heterocycles. The van der Waals surface area contributed by atoms with Gasteiger partial charge in [0, 0.05) is 36.3 Å². The molecule has 2 N–H and O–H groups in total. The van der Waals surface area contributed by atoms with Crippen molar-refractivity contribution < 1.29 is 4.79 Å². The van der Waals surface area contributed by atoms with Gasteiger partial charge in [-0.2, -0.15) is 5.10 Å². The van der Waals surface area contributed by atoms with Crippen LogP contribution >= 0.6 is 0 Å². The Hall–Kier alpha value is -1.16. The van der Waals surface area contributed by atoms with Crippen molar-refractivity contribution in [2.45, 2.75) is 46.1 Å². The number of aryl methyl sites for hydroxylation is 2. The van der Waals surface area contributed by atoms with Crippen LogP contribution in [0.5, 0.6) is 0 Å². The minimum atomic E-state index is -0.508. The fourth-order valence-electron chi connectivity index (χ4n) is 1.56. The van der Waals surface area contributed by atoms with Gasteiger partial charge in [-0.1, -0.05) is 13.8 Å². The van der Waals surface area contributed by atoms with Crippen molar-refractivity contribution in [3.63, 3.8) is 0 Å². The summed E-state index contributed by atoms with van der Waals surface area (Å²) in [5, 5.41) is 4.09. The highest BCUT2D eigenvalue weighted by atomic mass is 16.1. The smallest absolute Gasteiger partial charge is 0.140 e. The average Bonchev–Trinajstić information content (AvgIpc) is 2.58. The Bertz CT molecular complexity index is 399. The minimum Gasteiger partial charge on any atom is -0.325 e. The van der Waals surface area contributed by atoms with E-state index in [0.29, 0.717) is 6.42 Å². The first-order valence-electron chi connectivity index (χ1n) is 5.95. The molecule has 1 rings (SSSR count). The number of carbonyl (C=O) groups excluding carboxylic acids is 1. The van der Waals surface area contributed by atoms with Crippen molar-refractivity contribution >= 4 is 5.78 Å². The number of carbonyl (C=O) groups is 1. The molecule has 0 aromatic carbocycles. The Balaban J connectivity index is 2.65. The molecule has 4 heteroatoms. The van der Waals surface area contributed by atoms with Gasteiger partial charge in [0.05, 0.1) is 0 Å². The number of nitrogens with zero attached hydrogens (tertiary/aromatic N) is 2. The highest BCUT2D eigenvalue weighted by Crippen LogP contribution is 2.30. The predicted octanol–water partition coefficient (Wildman–Crippen LogP) is 1.69. The van der Waals surface area contributed by atoms with Crippen LogP contribution in [-0.4, -0.2) is 21.1 Å². The van der Waals surface area contributed by atoms with Gasteiger partial charge >= 0.3 is 0 Å². The summed E-state index contributed by atoms with van der Waals surface area (Å²) in [5.74, 6) is 0.200. The van der Waals surface area contributed by atoms with Crippen LogP contribution in [0.2, 0.25) is 0 Å². The SMILES string of the molecule is Cn1nccc1CCC(=O)C(C)(C)C(C)(C)N. The fraction of sp³-hybridized carbons (Fsp3) is 0.692. The van der Waals surface area contributed by atoms with Crippen LogP contribution in [-0.2, 0) is 18.3 Å². The first kappa shape index (κ1) is 13.9. The molecule has 1 heterocycles. The second-order valence-corrected chi connectivity index (χ2v) is 5.72. The predicted molar refractivity (Wildman–Crippen MR) is 68.6 cm³/mol. The lowest BCUT2D eigenvalue weighted by Crippen LogP contribution is -2.51. The fourth-order valence-corrected chi connectivity index (χ4v) is 1.56. The van der Waals surface area contributed by atoms with E-state index >= 15 is 0 Å². The van der Waals surface area contributed by atoms with Gasteiger partial charge in [0.2, 0.25) is 0 Å². The van der Waals surface area contributed by atoms with Crippen LogP contribution in [0, 0.1) is 5.41 Å². The number of Topliss-reactive ketones (excluding diaryl/α,β-unsaturated/α-hetero) is 1. The van der Waals surface area contributed by atoms with Crippen molar-refractivity contribution in [2.75, 3.05) is 0 Å². The maximum Gasteiger partial charge on any atom is 0.140 e. The van der Waals surface area contributed by atoms with Gasteiger partial charge < -0.3 is 5.73 Å². The molecule has 0 bridgehead atoms. The molecule has 17 heavy (non-hydrogen) atoms. The van der Waals surface area contributed by atoms with Crippen LogP contribution < -0.4 is 5.73 Å². The van der Waals surface area contributed by atoms with Gasteiger partial charge in [-0.3, -0.25) is 9.48 Å². The molecular formula is C13H23N3O. The van der Waals surface area contributed by atoms with E-state index in [2.05, 4.69) is 5.10 Å². The monoisotopic (exact) mass is 237 g/mol. The van der Waals surface area contributed by atoms with Crippen molar-refractivity contribution in [2.24, 2.45) is 18.2 Å². The summed E-state index contributed by atoms with van der Waals surface area (Å²) in [6.45, 7) is 7.63. The summed E-state index contributed by atoms with van der Waals surface area (Å²) >= 11 is 0. The largest absolute Gasteiger partial charge is 0.325 e. The zero-order chi connectivity index (χ0) is 13.3. The third-order valence-electron chi connectivity index (χ3n) is 3.84. The first-order chi connectivity index (χ1) is 7.66. The van der Waals surface area contributed by atoms with Crippen LogP contribution in [0.15, 0.2) is 12.3 Å². The van der Waals surface area contributed by atoms with E-state index in [1.54, 1.807) is 10.9 Å². The Labute approximate surface area is 103 Å². The molecule has 1 aromatic rings. The second-order valence-electron chi connectivity index (χ2n) is 5.72. The summed E-state index contributed by atoms with van der Waals surface area (Å²) in [6, 6.07) is 1.94. The Morgan fingerprint density at radius 2 is 2.00 bits per heavy atom. The van der Waals surface area contributed by atoms with Crippen molar-refractivity contribution in [1.82, 2.24) is 9.78 Å². The molecule has 0 atom stereocenters. The molecule has 4 nitrogen and oxygen atoms in total. The van der Waals surface area contributed by atoms with Crippen molar-refractivity contribution in [1.29, 1.82) is 0 Å². The number of rotatable bonds is 5. The van der Waals surface area contributed by atoms with Gasteiger partial charge in [0.1, 0.15) is 5.78 Å². The highest BCUT2D eigenvalue weighted by molar-refractivity contribution is 5.85. The first-order valence-corrected chi connectivity index (χ1v) is 5.95. The third kappa shape index (κ3) is 2.94. The van der Waals surface area contributed by atoms with E-state index in [1.807, 2.05) is 40.8 Å². The standard InChI is InChI=1S/C13H23N3O/c1-12(2,13(3,4)14)11(17)7-6-10-8-9-15-16(10)5/h8-9H,6-7,14H2,1-5H3. The van der Waals surface area contributed by atoms with Crippen molar-refractivity contribution in [3.05, 3.63) is 18.0 Å². The van der Waals surface area contributed by atoms with E-state index < -0.39 is 11.0 Å². The summed E-state index contributed by atoms with van der Waals surface area (Å²) in [5.41, 5.74) is 6.12. The van der Waals surface area contributed by atoms with E-state index in [0.717, 1.165) is 12.1 Å². The third-order valence-corrected chi connectivity index (χ3v) is 3.84. The molecule has 0 saturated heterocycles. The molecule has 0 aliphatic heterocycles. The van der Waals surface area contributed by atoms with Crippen LogP contribution in [0.3, 0.4) is 0 Å². The van der Waals surface area contributed by atoms with E-state index in [-0.39, 0.29) is 5.78 Å². The summed E-state index contributed by atoms with van der Waals surface area (Å²) < 4.78 is 1.80. The normalized spacial score (nSPS) is 12.8. The molecule has 0 amide bonds. The molecule has 0 spiro atoms. The topological polar surface area (TPSA) is 60.9 Å². The highest BCUT2D eigenvalue weighted by Gasteiger charge is 2.39. The minimum absolute atomic E-state index is 0.200. The summed E-state index contributed by atoms with van der Waals surface area (Å²) in [6.07, 6.45) is 2.97. The lowest BCUT2D eigenvalue weighted by atomic mass is 9.71. The molecule has 0 saturated carbocycles. The molecule has 0 fully saturated rings. The summed E-state index contributed by atoms with van der Waals surface area (Å²) in [7, 11) is 1.89. The summed E-state index contributed by atoms with van der Waals surface area (Å²) in [4.78, 5) is 12.2. The second kappa shape index (κ2) is 4.61. The molecule has 0 radical (unpaired) electrons. The molecule has 0 aliphatic carbocycles. The van der Waals surface area contributed by atoms with E-state index in [9.17, 15) is 4.79 Å². The lowest BCUT2D eigenvalue weighted by Gasteiger charge is -2.37. The van der Waals surface area contributed by atoms with Crippen LogP contribution in [0.1, 0.15) is 39.8 Å². The van der Waals surface area contributed by atoms with Gasteiger partial charge in [-0.15, -0.1) is 0 Å².